The van der Waals surface area contributed by atoms with Gasteiger partial charge < -0.3 is 33.5 Å². The largest absolute Gasteiger partial charge is 0.503 e. The number of nitrogens with zero attached hydrogens (tertiary/aromatic N) is 2. The van der Waals surface area contributed by atoms with Crippen molar-refractivity contribution in [2.24, 2.45) is 0 Å². The van der Waals surface area contributed by atoms with Gasteiger partial charge in [-0.25, -0.2) is 0 Å². The molecule has 0 radical (unpaired) electrons. The molecule has 0 fully saturated rings. The summed E-state index contributed by atoms with van der Waals surface area (Å²) in [5.74, 6) is -2.03. The van der Waals surface area contributed by atoms with Crippen molar-refractivity contribution in [3.05, 3.63) is 64.1 Å². The van der Waals surface area contributed by atoms with Gasteiger partial charge in [-0.05, 0) is 43.9 Å². The minimum Gasteiger partial charge on any atom is -0.503 e. The predicted octanol–water partition coefficient (Wildman–Crippen LogP) is 4.17. The van der Waals surface area contributed by atoms with Crippen LogP contribution in [0.15, 0.2) is 52.1 Å². The van der Waals surface area contributed by atoms with Crippen LogP contribution in [0, 0.1) is 0 Å². The number of hydrogen-bond acceptors (Lipinski definition) is 9. The van der Waals surface area contributed by atoms with Gasteiger partial charge in [-0.1, -0.05) is 17.7 Å². The Hall–Kier alpha value is -4.02. The van der Waals surface area contributed by atoms with Gasteiger partial charge in [-0.2, -0.15) is 0 Å². The van der Waals surface area contributed by atoms with Crippen LogP contribution in [0.3, 0.4) is 0 Å². The van der Waals surface area contributed by atoms with Gasteiger partial charge in [0.1, 0.15) is 0 Å². The van der Waals surface area contributed by atoms with E-state index in [2.05, 4.69) is 0 Å². The average molecular weight is 543 g/mol. The number of esters is 1. The summed E-state index contributed by atoms with van der Waals surface area (Å²) >= 11 is 6.16. The molecule has 1 aliphatic heterocycles. The van der Waals surface area contributed by atoms with E-state index in [4.69, 9.17) is 30.2 Å². The first-order valence-electron chi connectivity index (χ1n) is 11.6. The molecular formula is C27H27ClN2O8. The summed E-state index contributed by atoms with van der Waals surface area (Å²) in [6.07, 6.45) is 0. The third kappa shape index (κ3) is 5.05. The molecule has 0 saturated heterocycles. The molecule has 200 valence electrons. The van der Waals surface area contributed by atoms with Gasteiger partial charge >= 0.3 is 5.97 Å². The van der Waals surface area contributed by atoms with E-state index in [1.165, 1.54) is 38.2 Å². The highest BCUT2D eigenvalue weighted by atomic mass is 35.5. The van der Waals surface area contributed by atoms with Gasteiger partial charge in [0.2, 0.25) is 5.78 Å². The number of fused-ring (bicyclic) bond motifs is 1. The first-order chi connectivity index (χ1) is 18.0. The van der Waals surface area contributed by atoms with Gasteiger partial charge in [-0.15, -0.1) is 0 Å². The number of Topliss-reactive ketones (excluding diaryl/α,β-unsaturated/α-hetero) is 1. The van der Waals surface area contributed by atoms with Gasteiger partial charge in [-0.3, -0.25) is 14.4 Å². The highest BCUT2D eigenvalue weighted by Crippen LogP contribution is 2.42. The molecule has 0 saturated carbocycles. The van der Waals surface area contributed by atoms with Crippen LogP contribution in [0.1, 0.15) is 29.1 Å². The maximum Gasteiger partial charge on any atom is 0.308 e. The van der Waals surface area contributed by atoms with Crippen molar-refractivity contribution in [3.63, 3.8) is 0 Å². The number of carbonyl (C=O) groups is 3. The molecule has 10 nitrogen and oxygen atoms in total. The number of carbonyl (C=O) groups excluding carboxylic acids is 3. The molecule has 1 unspecified atom stereocenters. The molecule has 3 aromatic rings. The highest BCUT2D eigenvalue weighted by molar-refractivity contribution is 6.31. The molecule has 11 heteroatoms. The fourth-order valence-corrected chi connectivity index (χ4v) is 4.57. The van der Waals surface area contributed by atoms with E-state index >= 15 is 0 Å². The molecular weight excluding hydrogens is 516 g/mol. The summed E-state index contributed by atoms with van der Waals surface area (Å²) in [6.45, 7) is 1.91. The van der Waals surface area contributed by atoms with Crippen LogP contribution < -0.4 is 14.2 Å². The third-order valence-corrected chi connectivity index (χ3v) is 6.30. The molecule has 2 aromatic carbocycles. The van der Waals surface area contributed by atoms with Crippen LogP contribution in [-0.4, -0.2) is 74.0 Å². The second-order valence-corrected chi connectivity index (χ2v) is 9.37. The van der Waals surface area contributed by atoms with Crippen LogP contribution in [0.5, 0.6) is 17.2 Å². The molecule has 1 atom stereocenters. The number of benzene rings is 2. The normalized spacial score (nSPS) is 15.5. The van der Waals surface area contributed by atoms with Crippen molar-refractivity contribution in [3.8, 4) is 17.2 Å². The quantitative estimate of drug-likeness (QED) is 0.241. The zero-order chi connectivity index (χ0) is 27.7. The Morgan fingerprint density at radius 1 is 1.08 bits per heavy atom. The average Bonchev–Trinajstić information content (AvgIpc) is 3.40. The molecule has 4 rings (SSSR count). The summed E-state index contributed by atoms with van der Waals surface area (Å²) < 4.78 is 21.7. The van der Waals surface area contributed by atoms with Crippen LogP contribution in [-0.2, 0) is 9.59 Å². The van der Waals surface area contributed by atoms with Gasteiger partial charge in [0.05, 0.1) is 25.8 Å². The molecule has 0 bridgehead atoms. The molecule has 38 heavy (non-hydrogen) atoms. The van der Waals surface area contributed by atoms with Crippen LogP contribution in [0.4, 0.5) is 0 Å². The van der Waals surface area contributed by atoms with Gasteiger partial charge in [0.15, 0.2) is 34.4 Å². The van der Waals surface area contributed by atoms with Crippen molar-refractivity contribution in [2.75, 3.05) is 41.4 Å². The molecule has 0 aliphatic carbocycles. The summed E-state index contributed by atoms with van der Waals surface area (Å²) in [7, 11) is 6.55. The van der Waals surface area contributed by atoms with Crippen LogP contribution in [0.2, 0.25) is 5.02 Å². The number of ether oxygens (including phenoxy) is 3. The SMILES string of the molecule is COc1ccc(C2C(C(=O)c3cc4cc(Cl)cc(OC)c4o3)=C(O)C(=O)N2CCN(C)C)cc1OC(C)=O. The van der Waals surface area contributed by atoms with E-state index in [9.17, 15) is 19.5 Å². The molecule has 2 heterocycles. The number of halogens is 1. The Morgan fingerprint density at radius 3 is 2.42 bits per heavy atom. The van der Waals surface area contributed by atoms with E-state index in [0.29, 0.717) is 33.8 Å². The van der Waals surface area contributed by atoms with Gasteiger partial charge in [0.25, 0.3) is 5.91 Å². The lowest BCUT2D eigenvalue weighted by atomic mass is 9.94. The molecule has 1 N–H and O–H groups in total. The van der Waals surface area contributed by atoms with Crippen molar-refractivity contribution in [2.45, 2.75) is 13.0 Å². The van der Waals surface area contributed by atoms with Crippen molar-refractivity contribution >= 4 is 40.2 Å². The Bertz CT molecular complexity index is 1460. The number of amides is 1. The monoisotopic (exact) mass is 542 g/mol. The number of aliphatic hydroxyl groups is 1. The number of aliphatic hydroxyl groups excluding tert-OH is 1. The number of methoxy groups -OCH3 is 2. The lowest BCUT2D eigenvalue weighted by Gasteiger charge is -2.28. The second-order valence-electron chi connectivity index (χ2n) is 8.94. The Labute approximate surface area is 223 Å². The zero-order valence-electron chi connectivity index (χ0n) is 21.5. The fourth-order valence-electron chi connectivity index (χ4n) is 4.35. The second kappa shape index (κ2) is 10.8. The third-order valence-electron chi connectivity index (χ3n) is 6.08. The van der Waals surface area contributed by atoms with E-state index in [0.717, 1.165) is 0 Å². The lowest BCUT2D eigenvalue weighted by molar-refractivity contribution is -0.132. The van der Waals surface area contributed by atoms with Gasteiger partial charge in [0, 0.05) is 36.5 Å². The van der Waals surface area contributed by atoms with Crippen LogP contribution in [0.25, 0.3) is 11.0 Å². The maximum absolute atomic E-state index is 13.8. The maximum atomic E-state index is 13.8. The van der Waals surface area contributed by atoms with E-state index in [1.807, 2.05) is 19.0 Å². The minimum atomic E-state index is -0.992. The van der Waals surface area contributed by atoms with Crippen molar-refractivity contribution in [1.82, 2.24) is 9.80 Å². The first kappa shape index (κ1) is 27.0. The van der Waals surface area contributed by atoms with Crippen molar-refractivity contribution in [1.29, 1.82) is 0 Å². The molecule has 1 amide bonds. The number of likely N-dealkylation sites (N-methyl/N-ethyl adjacent to an activating group) is 1. The topological polar surface area (TPSA) is 119 Å². The van der Waals surface area contributed by atoms with E-state index in [1.54, 1.807) is 24.3 Å². The Balaban J connectivity index is 1.85. The number of rotatable bonds is 9. The summed E-state index contributed by atoms with van der Waals surface area (Å²) in [5.41, 5.74) is 0.558. The highest BCUT2D eigenvalue weighted by Gasteiger charge is 2.44. The smallest absolute Gasteiger partial charge is 0.308 e. The minimum absolute atomic E-state index is 0.108. The Kier molecular flexibility index (Phi) is 7.66. The molecule has 1 aliphatic rings. The van der Waals surface area contributed by atoms with Crippen molar-refractivity contribution < 1.29 is 38.1 Å². The summed E-state index contributed by atoms with van der Waals surface area (Å²) in [6, 6.07) is 8.37. The van der Waals surface area contributed by atoms with E-state index < -0.39 is 29.5 Å². The van der Waals surface area contributed by atoms with E-state index in [-0.39, 0.29) is 29.4 Å². The number of ketones is 1. The predicted molar refractivity (Wildman–Crippen MR) is 139 cm³/mol. The molecule has 0 spiro atoms. The first-order valence-corrected chi connectivity index (χ1v) is 12.0. The molecule has 1 aromatic heterocycles. The van der Waals surface area contributed by atoms with Crippen LogP contribution >= 0.6 is 11.6 Å². The fraction of sp³-hybridized carbons (Fsp3) is 0.296. The lowest BCUT2D eigenvalue weighted by Crippen LogP contribution is -2.36. The zero-order valence-corrected chi connectivity index (χ0v) is 22.3. The summed E-state index contributed by atoms with van der Waals surface area (Å²) in [5, 5.41) is 11.9. The summed E-state index contributed by atoms with van der Waals surface area (Å²) in [4.78, 5) is 42.0. The number of furan rings is 1. The standard InChI is InChI=1S/C27H27ClN2O8/c1-14(31)37-19-11-15(6-7-18(19)35-4)23-22(25(33)27(34)30(23)9-8-29(2)3)24(32)20-12-16-10-17(28)13-21(36-5)26(16)38-20/h6-7,10-13,23,33H,8-9H2,1-5H3. The Morgan fingerprint density at radius 2 is 1.79 bits per heavy atom. The number of hydrogen-bond donors (Lipinski definition) is 1.